The van der Waals surface area contributed by atoms with E-state index in [1.54, 1.807) is 29.2 Å². The van der Waals surface area contributed by atoms with E-state index in [9.17, 15) is 14.7 Å². The number of amides is 1. The summed E-state index contributed by atoms with van der Waals surface area (Å²) < 4.78 is 11.4. The van der Waals surface area contributed by atoms with E-state index in [0.717, 1.165) is 42.8 Å². The number of hydrogen-bond donors (Lipinski definition) is 1. The van der Waals surface area contributed by atoms with Crippen LogP contribution in [0.1, 0.15) is 56.3 Å². The maximum Gasteiger partial charge on any atom is 0.295 e. The zero-order valence-corrected chi connectivity index (χ0v) is 23.0. The number of carbonyl (C=O) groups is 2. The lowest BCUT2D eigenvalue weighted by Gasteiger charge is -2.28. The molecule has 38 heavy (non-hydrogen) atoms. The van der Waals surface area contributed by atoms with Crippen LogP contribution < -0.4 is 9.47 Å². The standard InChI is InChI=1S/C31H40N2O5/c1-6-10-20-38-24-13-11-23(12-14-24)28-27(30(35)31(36)33(28)18-17-32(8-3)9-4)29(34)26-16-15-25(21-22(26)5)37-19-7-2/h7,11-16,21,28,34H,2,6,8-10,17-20H2,1,3-5H3/b29-27+. The number of ketones is 1. The third-order valence-electron chi connectivity index (χ3n) is 6.87. The summed E-state index contributed by atoms with van der Waals surface area (Å²) in [6.07, 6.45) is 3.66. The number of carbonyl (C=O) groups excluding carboxylic acids is 2. The first kappa shape index (κ1) is 29.0. The van der Waals surface area contributed by atoms with Gasteiger partial charge >= 0.3 is 0 Å². The van der Waals surface area contributed by atoms with Gasteiger partial charge in [0.15, 0.2) is 0 Å². The van der Waals surface area contributed by atoms with E-state index in [1.165, 1.54) is 0 Å². The fourth-order valence-corrected chi connectivity index (χ4v) is 4.62. The molecule has 1 heterocycles. The molecule has 0 saturated carbocycles. The van der Waals surface area contributed by atoms with Crippen LogP contribution in [0.4, 0.5) is 0 Å². The molecule has 204 valence electrons. The Balaban J connectivity index is 2.04. The Morgan fingerprint density at radius 1 is 1.05 bits per heavy atom. The third kappa shape index (κ3) is 6.64. The topological polar surface area (TPSA) is 79.3 Å². The largest absolute Gasteiger partial charge is 0.507 e. The number of Topliss-reactive ketones (excluding diaryl/α,β-unsaturated/α-hetero) is 1. The minimum absolute atomic E-state index is 0.0945. The number of nitrogens with zero attached hydrogens (tertiary/aromatic N) is 2. The van der Waals surface area contributed by atoms with Crippen LogP contribution in [0.15, 0.2) is 60.7 Å². The summed E-state index contributed by atoms with van der Waals surface area (Å²) in [6.45, 7) is 15.4. The molecule has 2 aromatic rings. The molecule has 0 aromatic heterocycles. The van der Waals surface area contributed by atoms with Gasteiger partial charge in [0.05, 0.1) is 18.2 Å². The van der Waals surface area contributed by atoms with Crippen molar-refractivity contribution < 1.29 is 24.2 Å². The van der Waals surface area contributed by atoms with E-state index in [1.807, 2.05) is 31.2 Å². The van der Waals surface area contributed by atoms with Crippen molar-refractivity contribution >= 4 is 17.4 Å². The van der Waals surface area contributed by atoms with E-state index in [-0.39, 0.29) is 11.3 Å². The average Bonchev–Trinajstić information content (AvgIpc) is 3.17. The maximum absolute atomic E-state index is 13.4. The molecule has 1 fully saturated rings. The molecule has 1 aliphatic rings. The second-order valence-electron chi connectivity index (χ2n) is 9.37. The number of ether oxygens (including phenoxy) is 2. The highest BCUT2D eigenvalue weighted by molar-refractivity contribution is 6.46. The van der Waals surface area contributed by atoms with Crippen molar-refractivity contribution in [2.45, 2.75) is 46.6 Å². The SMILES string of the molecule is C=CCOc1ccc(/C(O)=C2\C(=O)C(=O)N(CCN(CC)CC)C2c2ccc(OCCCC)cc2)c(C)c1. The fourth-order valence-electron chi connectivity index (χ4n) is 4.62. The van der Waals surface area contributed by atoms with Gasteiger partial charge in [-0.1, -0.05) is 52.0 Å². The van der Waals surface area contributed by atoms with Gasteiger partial charge in [0.25, 0.3) is 11.7 Å². The Morgan fingerprint density at radius 2 is 1.74 bits per heavy atom. The second kappa shape index (κ2) is 13.8. The molecule has 0 radical (unpaired) electrons. The van der Waals surface area contributed by atoms with Gasteiger partial charge < -0.3 is 24.4 Å². The molecular weight excluding hydrogens is 480 g/mol. The van der Waals surface area contributed by atoms with E-state index >= 15 is 0 Å². The monoisotopic (exact) mass is 520 g/mol. The Bertz CT molecular complexity index is 1150. The molecule has 2 aromatic carbocycles. The number of aryl methyl sites for hydroxylation is 1. The van der Waals surface area contributed by atoms with Crippen LogP contribution in [0.3, 0.4) is 0 Å². The number of benzene rings is 2. The predicted octanol–water partition coefficient (Wildman–Crippen LogP) is 5.50. The number of hydrogen-bond acceptors (Lipinski definition) is 6. The van der Waals surface area contributed by atoms with Crippen molar-refractivity contribution in [2.75, 3.05) is 39.4 Å². The smallest absolute Gasteiger partial charge is 0.295 e. The van der Waals surface area contributed by atoms with E-state index in [0.29, 0.717) is 37.6 Å². The third-order valence-corrected chi connectivity index (χ3v) is 6.87. The van der Waals surface area contributed by atoms with Crippen LogP contribution in [0.25, 0.3) is 5.76 Å². The highest BCUT2D eigenvalue weighted by Crippen LogP contribution is 2.40. The summed E-state index contributed by atoms with van der Waals surface area (Å²) in [7, 11) is 0. The minimum atomic E-state index is -0.702. The van der Waals surface area contributed by atoms with Crippen LogP contribution in [0.2, 0.25) is 0 Å². The van der Waals surface area contributed by atoms with Gasteiger partial charge in [-0.25, -0.2) is 0 Å². The number of aliphatic hydroxyl groups excluding tert-OH is 1. The van der Waals surface area contributed by atoms with Gasteiger partial charge in [-0.15, -0.1) is 0 Å². The molecule has 1 unspecified atom stereocenters. The van der Waals surface area contributed by atoms with E-state index < -0.39 is 17.7 Å². The van der Waals surface area contributed by atoms with Crippen molar-refractivity contribution in [3.05, 3.63) is 77.4 Å². The van der Waals surface area contributed by atoms with Crippen molar-refractivity contribution in [1.29, 1.82) is 0 Å². The Labute approximate surface area is 226 Å². The summed E-state index contributed by atoms with van der Waals surface area (Å²) in [5, 5.41) is 11.5. The van der Waals surface area contributed by atoms with Crippen molar-refractivity contribution in [3.63, 3.8) is 0 Å². The van der Waals surface area contributed by atoms with E-state index in [4.69, 9.17) is 9.47 Å². The summed E-state index contributed by atoms with van der Waals surface area (Å²) in [4.78, 5) is 30.4. The predicted molar refractivity (Wildman–Crippen MR) is 151 cm³/mol. The van der Waals surface area contributed by atoms with Gasteiger partial charge in [0, 0.05) is 18.7 Å². The fraction of sp³-hybridized carbons (Fsp3) is 0.419. The highest BCUT2D eigenvalue weighted by atomic mass is 16.5. The molecule has 7 nitrogen and oxygen atoms in total. The first-order valence-electron chi connectivity index (χ1n) is 13.4. The van der Waals surface area contributed by atoms with Crippen LogP contribution in [0.5, 0.6) is 11.5 Å². The molecule has 1 atom stereocenters. The van der Waals surface area contributed by atoms with Crippen LogP contribution in [0, 0.1) is 6.92 Å². The summed E-state index contributed by atoms with van der Waals surface area (Å²) in [6, 6.07) is 12.0. The van der Waals surface area contributed by atoms with Gasteiger partial charge in [-0.2, -0.15) is 0 Å². The maximum atomic E-state index is 13.4. The van der Waals surface area contributed by atoms with Gasteiger partial charge in [0.2, 0.25) is 0 Å². The van der Waals surface area contributed by atoms with E-state index in [2.05, 4.69) is 32.3 Å². The molecule has 1 amide bonds. The lowest BCUT2D eigenvalue weighted by atomic mass is 9.94. The molecule has 0 aliphatic carbocycles. The molecule has 1 saturated heterocycles. The first-order valence-corrected chi connectivity index (χ1v) is 13.4. The summed E-state index contributed by atoms with van der Waals surface area (Å²) in [5.41, 5.74) is 2.06. The zero-order chi connectivity index (χ0) is 27.7. The Morgan fingerprint density at radius 3 is 2.34 bits per heavy atom. The van der Waals surface area contributed by atoms with Crippen LogP contribution >= 0.6 is 0 Å². The van der Waals surface area contributed by atoms with Crippen LogP contribution in [-0.4, -0.2) is 66.0 Å². The number of rotatable bonds is 14. The van der Waals surface area contributed by atoms with Crippen molar-refractivity contribution in [1.82, 2.24) is 9.80 Å². The summed E-state index contributed by atoms with van der Waals surface area (Å²) in [5.74, 6) is -0.103. The second-order valence-corrected chi connectivity index (χ2v) is 9.37. The lowest BCUT2D eigenvalue weighted by Crippen LogP contribution is -2.38. The summed E-state index contributed by atoms with van der Waals surface area (Å²) >= 11 is 0. The van der Waals surface area contributed by atoms with Gasteiger partial charge in [0.1, 0.15) is 23.9 Å². The minimum Gasteiger partial charge on any atom is -0.507 e. The molecule has 1 aliphatic heterocycles. The van der Waals surface area contributed by atoms with Gasteiger partial charge in [-0.3, -0.25) is 9.59 Å². The highest BCUT2D eigenvalue weighted by Gasteiger charge is 2.46. The normalized spacial score (nSPS) is 16.8. The zero-order valence-electron chi connectivity index (χ0n) is 23.0. The molecular formula is C31H40N2O5. The lowest BCUT2D eigenvalue weighted by molar-refractivity contribution is -0.140. The van der Waals surface area contributed by atoms with Crippen molar-refractivity contribution in [2.24, 2.45) is 0 Å². The molecule has 0 bridgehead atoms. The number of unbranched alkanes of at least 4 members (excludes halogenated alkanes) is 1. The first-order chi connectivity index (χ1) is 18.4. The average molecular weight is 521 g/mol. The van der Waals surface area contributed by atoms with Gasteiger partial charge in [-0.05, 0) is 67.9 Å². The quantitative estimate of drug-likeness (QED) is 0.116. The molecule has 0 spiro atoms. The van der Waals surface area contributed by atoms with Crippen molar-refractivity contribution in [3.8, 4) is 11.5 Å². The number of likely N-dealkylation sites (N-methyl/N-ethyl adjacent to an activating group) is 1. The number of aliphatic hydroxyl groups is 1. The van der Waals surface area contributed by atoms with Crippen LogP contribution in [-0.2, 0) is 9.59 Å². The molecule has 3 rings (SSSR count). The Kier molecular flexibility index (Phi) is 10.5. The molecule has 1 N–H and O–H groups in total. The molecule has 7 heteroatoms. The number of likely N-dealkylation sites (tertiary alicyclic amines) is 1. The Hall–Kier alpha value is -3.58.